The van der Waals surface area contributed by atoms with Gasteiger partial charge in [-0.05, 0) is 44.4 Å². The van der Waals surface area contributed by atoms with Crippen LogP contribution < -0.4 is 10.6 Å². The van der Waals surface area contributed by atoms with E-state index < -0.39 is 5.60 Å². The van der Waals surface area contributed by atoms with Gasteiger partial charge in [-0.3, -0.25) is 9.89 Å². The third kappa shape index (κ3) is 8.60. The molecule has 1 aromatic rings. The number of guanidine groups is 1. The number of aromatic hydroxyl groups is 1. The SMILES string of the molecule is CCNC(=NCC(C)(O)CN1CCOCC1)NCCCc1ccc(O)cc1. The van der Waals surface area contributed by atoms with Crippen LogP contribution in [-0.2, 0) is 11.2 Å². The minimum atomic E-state index is -0.869. The lowest BCUT2D eigenvalue weighted by Crippen LogP contribution is -2.48. The molecule has 0 bridgehead atoms. The topological polar surface area (TPSA) is 89.4 Å². The van der Waals surface area contributed by atoms with Crippen molar-refractivity contribution < 1.29 is 14.9 Å². The van der Waals surface area contributed by atoms with E-state index in [0.717, 1.165) is 58.2 Å². The summed E-state index contributed by atoms with van der Waals surface area (Å²) in [5.74, 6) is 1.02. The van der Waals surface area contributed by atoms with Crippen molar-refractivity contribution in [3.63, 3.8) is 0 Å². The Morgan fingerprint density at radius 1 is 1.22 bits per heavy atom. The standard InChI is InChI=1S/C20H34N4O3/c1-3-21-19(22-10-4-5-17-6-8-18(25)9-7-17)23-15-20(2,26)16-24-11-13-27-14-12-24/h6-9,25-26H,3-5,10-16H2,1-2H3,(H2,21,22,23). The molecule has 0 aliphatic carbocycles. The predicted octanol–water partition coefficient (Wildman–Crippen LogP) is 0.963. The Kier molecular flexibility index (Phi) is 8.84. The van der Waals surface area contributed by atoms with Crippen molar-refractivity contribution in [2.45, 2.75) is 32.3 Å². The van der Waals surface area contributed by atoms with Gasteiger partial charge in [0.1, 0.15) is 5.75 Å². The van der Waals surface area contributed by atoms with Gasteiger partial charge in [0.15, 0.2) is 5.96 Å². The number of hydrogen-bond acceptors (Lipinski definition) is 5. The van der Waals surface area contributed by atoms with Crippen molar-refractivity contribution in [1.29, 1.82) is 0 Å². The Morgan fingerprint density at radius 2 is 1.93 bits per heavy atom. The number of aryl methyl sites for hydroxylation is 1. The monoisotopic (exact) mass is 378 g/mol. The van der Waals surface area contributed by atoms with E-state index >= 15 is 0 Å². The number of β-amino-alcohol motifs (C(OH)–C–C–N with tert-alkyl or cyclic N) is 1. The fourth-order valence-corrected chi connectivity index (χ4v) is 3.04. The summed E-state index contributed by atoms with van der Waals surface area (Å²) in [6.07, 6.45) is 1.89. The molecular formula is C20H34N4O3. The zero-order chi connectivity index (χ0) is 19.5. The average Bonchev–Trinajstić information content (AvgIpc) is 2.65. The summed E-state index contributed by atoms with van der Waals surface area (Å²) in [4.78, 5) is 6.78. The van der Waals surface area contributed by atoms with E-state index in [2.05, 4.69) is 20.5 Å². The van der Waals surface area contributed by atoms with Crippen LogP contribution in [0, 0.1) is 0 Å². The summed E-state index contributed by atoms with van der Waals surface area (Å²) in [6.45, 7) is 9.53. The molecular weight excluding hydrogens is 344 g/mol. The van der Waals surface area contributed by atoms with Gasteiger partial charge in [-0.15, -0.1) is 0 Å². The molecule has 0 spiro atoms. The van der Waals surface area contributed by atoms with Crippen molar-refractivity contribution in [1.82, 2.24) is 15.5 Å². The summed E-state index contributed by atoms with van der Waals surface area (Å²) < 4.78 is 5.35. The number of hydrogen-bond donors (Lipinski definition) is 4. The molecule has 1 aromatic carbocycles. The Balaban J connectivity index is 1.75. The van der Waals surface area contributed by atoms with Crippen LogP contribution in [0.3, 0.4) is 0 Å². The molecule has 1 atom stereocenters. The number of aliphatic imine (C=N–C) groups is 1. The summed E-state index contributed by atoms with van der Waals surface area (Å²) in [5.41, 5.74) is 0.330. The molecule has 7 heteroatoms. The molecule has 1 unspecified atom stereocenters. The highest BCUT2D eigenvalue weighted by Crippen LogP contribution is 2.11. The van der Waals surface area contributed by atoms with E-state index in [-0.39, 0.29) is 0 Å². The van der Waals surface area contributed by atoms with Crippen LogP contribution in [0.2, 0.25) is 0 Å². The number of phenolic OH excluding ortho intramolecular Hbond substituents is 1. The van der Waals surface area contributed by atoms with Crippen LogP contribution in [0.4, 0.5) is 0 Å². The maximum absolute atomic E-state index is 10.7. The highest BCUT2D eigenvalue weighted by molar-refractivity contribution is 5.79. The Bertz CT molecular complexity index is 569. The molecule has 1 aliphatic rings. The third-order valence-corrected chi connectivity index (χ3v) is 4.46. The second-order valence-corrected chi connectivity index (χ2v) is 7.28. The van der Waals surface area contributed by atoms with Gasteiger partial charge in [0.25, 0.3) is 0 Å². The number of phenols is 1. The van der Waals surface area contributed by atoms with Gasteiger partial charge >= 0.3 is 0 Å². The summed E-state index contributed by atoms with van der Waals surface area (Å²) >= 11 is 0. The molecule has 1 heterocycles. The average molecular weight is 379 g/mol. The van der Waals surface area contributed by atoms with Crippen molar-refractivity contribution in [3.05, 3.63) is 29.8 Å². The van der Waals surface area contributed by atoms with Crippen LogP contribution in [0.25, 0.3) is 0 Å². The van der Waals surface area contributed by atoms with Crippen LogP contribution in [-0.4, -0.2) is 79.2 Å². The van der Waals surface area contributed by atoms with E-state index in [9.17, 15) is 10.2 Å². The van der Waals surface area contributed by atoms with Crippen molar-refractivity contribution >= 4 is 5.96 Å². The number of nitrogens with zero attached hydrogens (tertiary/aromatic N) is 2. The quantitative estimate of drug-likeness (QED) is 0.291. The molecule has 1 fully saturated rings. The summed E-state index contributed by atoms with van der Waals surface area (Å²) in [5, 5.41) is 26.5. The highest BCUT2D eigenvalue weighted by atomic mass is 16.5. The molecule has 1 aliphatic heterocycles. The molecule has 0 saturated carbocycles. The second-order valence-electron chi connectivity index (χ2n) is 7.28. The second kappa shape index (κ2) is 11.1. The minimum absolute atomic E-state index is 0.294. The van der Waals surface area contributed by atoms with Gasteiger partial charge in [0.05, 0.1) is 25.4 Å². The molecule has 4 N–H and O–H groups in total. The van der Waals surface area contributed by atoms with Crippen LogP contribution >= 0.6 is 0 Å². The van der Waals surface area contributed by atoms with Crippen LogP contribution in [0.1, 0.15) is 25.8 Å². The molecule has 0 radical (unpaired) electrons. The smallest absolute Gasteiger partial charge is 0.191 e. The van der Waals surface area contributed by atoms with Crippen LogP contribution in [0.15, 0.2) is 29.3 Å². The largest absolute Gasteiger partial charge is 0.508 e. The normalized spacial score (nSPS) is 18.1. The van der Waals surface area contributed by atoms with E-state index in [4.69, 9.17) is 4.74 Å². The zero-order valence-electron chi connectivity index (χ0n) is 16.6. The maximum Gasteiger partial charge on any atom is 0.191 e. The van der Waals surface area contributed by atoms with Crippen molar-refractivity contribution in [2.75, 3.05) is 52.5 Å². The van der Waals surface area contributed by atoms with Gasteiger partial charge in [-0.2, -0.15) is 0 Å². The zero-order valence-corrected chi connectivity index (χ0v) is 16.6. The molecule has 7 nitrogen and oxygen atoms in total. The Labute approximate surface area is 162 Å². The molecule has 27 heavy (non-hydrogen) atoms. The number of ether oxygens (including phenoxy) is 1. The van der Waals surface area contributed by atoms with Gasteiger partial charge in [-0.25, -0.2) is 0 Å². The lowest BCUT2D eigenvalue weighted by atomic mass is 10.1. The Hall–Kier alpha value is -1.83. The van der Waals surface area contributed by atoms with Crippen molar-refractivity contribution in [3.8, 4) is 5.75 Å². The van der Waals surface area contributed by atoms with Gasteiger partial charge in [0.2, 0.25) is 0 Å². The maximum atomic E-state index is 10.7. The fourth-order valence-electron chi connectivity index (χ4n) is 3.04. The van der Waals surface area contributed by atoms with Gasteiger partial charge in [-0.1, -0.05) is 12.1 Å². The van der Waals surface area contributed by atoms with E-state index in [1.165, 1.54) is 5.56 Å². The minimum Gasteiger partial charge on any atom is -0.508 e. The van der Waals surface area contributed by atoms with Gasteiger partial charge in [0, 0.05) is 32.7 Å². The number of nitrogens with one attached hydrogen (secondary N) is 2. The number of morpholine rings is 1. The first kappa shape index (κ1) is 21.5. The number of benzene rings is 1. The number of rotatable bonds is 9. The summed E-state index contributed by atoms with van der Waals surface area (Å²) in [6, 6.07) is 7.31. The van der Waals surface area contributed by atoms with Crippen molar-refractivity contribution in [2.24, 2.45) is 4.99 Å². The molecule has 2 rings (SSSR count). The van der Waals surface area contributed by atoms with Gasteiger partial charge < -0.3 is 25.6 Å². The third-order valence-electron chi connectivity index (χ3n) is 4.46. The van der Waals surface area contributed by atoms with E-state index in [1.54, 1.807) is 12.1 Å². The van der Waals surface area contributed by atoms with E-state index in [1.807, 2.05) is 26.0 Å². The first-order valence-corrected chi connectivity index (χ1v) is 9.81. The molecule has 0 aromatic heterocycles. The predicted molar refractivity (Wildman–Crippen MR) is 108 cm³/mol. The van der Waals surface area contributed by atoms with Crippen LogP contribution in [0.5, 0.6) is 5.75 Å². The van der Waals surface area contributed by atoms with E-state index in [0.29, 0.717) is 18.8 Å². The molecule has 152 valence electrons. The lowest BCUT2D eigenvalue weighted by Gasteiger charge is -2.33. The lowest BCUT2D eigenvalue weighted by molar-refractivity contribution is -0.0179. The summed E-state index contributed by atoms with van der Waals surface area (Å²) in [7, 11) is 0. The fraction of sp³-hybridized carbons (Fsp3) is 0.650. The Morgan fingerprint density at radius 3 is 2.59 bits per heavy atom. The first-order valence-electron chi connectivity index (χ1n) is 9.81. The number of aliphatic hydroxyl groups is 1. The highest BCUT2D eigenvalue weighted by Gasteiger charge is 2.25. The molecule has 1 saturated heterocycles. The molecule has 0 amide bonds. The first-order chi connectivity index (χ1) is 13.0.